The molecule has 1 amide bonds. The third-order valence-corrected chi connectivity index (χ3v) is 5.65. The number of hydrogen-bond donors (Lipinski definition) is 2. The highest BCUT2D eigenvalue weighted by Gasteiger charge is 2.28. The van der Waals surface area contributed by atoms with Crippen LogP contribution in [0.25, 0.3) is 6.08 Å². The maximum absolute atomic E-state index is 12.8. The smallest absolute Gasteiger partial charge is 0.326 e. The van der Waals surface area contributed by atoms with Gasteiger partial charge in [-0.15, -0.1) is 0 Å². The van der Waals surface area contributed by atoms with Crippen molar-refractivity contribution >= 4 is 23.7 Å². The van der Waals surface area contributed by atoms with Crippen molar-refractivity contribution in [3.05, 3.63) is 89.2 Å². The van der Waals surface area contributed by atoms with Crippen LogP contribution in [-0.4, -0.2) is 49.6 Å². The second-order valence-corrected chi connectivity index (χ2v) is 8.14. The van der Waals surface area contributed by atoms with Gasteiger partial charge in [0, 0.05) is 24.1 Å². The third-order valence-electron chi connectivity index (χ3n) is 5.65. The van der Waals surface area contributed by atoms with E-state index in [9.17, 15) is 19.5 Å². The standard InChI is InChI=1S/C28H25NO8/c1-34-19-9-8-18(23(14-19)35-2)13-25-27(31)21-11-10-20(15-24(21)37-25)36-16-26(30)29-22(28(32)33)12-17-6-4-3-5-7-17/h3-11,13-15,22H,12,16H2,1-2H3,(H,29,30)(H,32,33)/b25-13+/t22-/m1/s1. The summed E-state index contributed by atoms with van der Waals surface area (Å²) >= 11 is 0. The van der Waals surface area contributed by atoms with Gasteiger partial charge >= 0.3 is 5.97 Å². The monoisotopic (exact) mass is 503 g/mol. The van der Waals surface area contributed by atoms with Gasteiger partial charge in [-0.1, -0.05) is 30.3 Å². The van der Waals surface area contributed by atoms with E-state index in [1.807, 2.05) is 6.07 Å². The number of benzene rings is 3. The van der Waals surface area contributed by atoms with Crippen molar-refractivity contribution in [1.29, 1.82) is 0 Å². The lowest BCUT2D eigenvalue weighted by Crippen LogP contribution is -2.44. The highest BCUT2D eigenvalue weighted by molar-refractivity contribution is 6.14. The number of ketones is 1. The number of Topliss-reactive ketones (excluding diaryl/α,β-unsaturated/α-hetero) is 1. The molecule has 1 aliphatic rings. The van der Waals surface area contributed by atoms with Crippen molar-refractivity contribution in [3.8, 4) is 23.0 Å². The SMILES string of the molecule is COc1ccc(/C=C2/Oc3cc(OCC(=O)N[C@H](Cc4ccccc4)C(=O)O)ccc3C2=O)c(OC)c1. The summed E-state index contributed by atoms with van der Waals surface area (Å²) in [5.41, 5.74) is 1.77. The van der Waals surface area contributed by atoms with Gasteiger partial charge in [-0.05, 0) is 35.9 Å². The largest absolute Gasteiger partial charge is 0.497 e. The van der Waals surface area contributed by atoms with Crippen LogP contribution < -0.4 is 24.3 Å². The van der Waals surface area contributed by atoms with Crippen molar-refractivity contribution in [2.45, 2.75) is 12.5 Å². The normalized spacial score (nSPS) is 13.9. The van der Waals surface area contributed by atoms with E-state index < -0.39 is 24.5 Å². The molecule has 0 unspecified atom stereocenters. The fraction of sp³-hybridized carbons (Fsp3) is 0.179. The van der Waals surface area contributed by atoms with Crippen LogP contribution in [0.3, 0.4) is 0 Å². The second-order valence-electron chi connectivity index (χ2n) is 8.14. The average molecular weight is 504 g/mol. The Morgan fingerprint density at radius 1 is 1.00 bits per heavy atom. The van der Waals surface area contributed by atoms with Crippen LogP contribution in [0.4, 0.5) is 0 Å². The van der Waals surface area contributed by atoms with E-state index in [0.29, 0.717) is 28.4 Å². The lowest BCUT2D eigenvalue weighted by atomic mass is 10.1. The van der Waals surface area contributed by atoms with Crippen LogP contribution in [0, 0.1) is 0 Å². The number of rotatable bonds is 10. The molecule has 1 heterocycles. The first-order chi connectivity index (χ1) is 17.9. The van der Waals surface area contributed by atoms with Gasteiger partial charge in [0.25, 0.3) is 5.91 Å². The summed E-state index contributed by atoms with van der Waals surface area (Å²) in [5.74, 6) is -0.222. The molecule has 4 rings (SSSR count). The van der Waals surface area contributed by atoms with Crippen molar-refractivity contribution in [1.82, 2.24) is 5.32 Å². The number of amides is 1. The maximum atomic E-state index is 12.8. The van der Waals surface area contributed by atoms with Gasteiger partial charge < -0.3 is 29.4 Å². The number of aliphatic carboxylic acids is 1. The fourth-order valence-electron chi connectivity index (χ4n) is 3.77. The average Bonchev–Trinajstić information content (AvgIpc) is 3.22. The number of fused-ring (bicyclic) bond motifs is 1. The van der Waals surface area contributed by atoms with Crippen LogP contribution in [0.1, 0.15) is 21.5 Å². The van der Waals surface area contributed by atoms with Gasteiger partial charge in [0.1, 0.15) is 29.0 Å². The molecule has 3 aromatic rings. The summed E-state index contributed by atoms with van der Waals surface area (Å²) < 4.78 is 21.8. The Morgan fingerprint density at radius 3 is 2.46 bits per heavy atom. The topological polar surface area (TPSA) is 120 Å². The molecule has 37 heavy (non-hydrogen) atoms. The number of hydrogen-bond acceptors (Lipinski definition) is 7. The molecule has 1 aliphatic heterocycles. The van der Waals surface area contributed by atoms with E-state index in [4.69, 9.17) is 18.9 Å². The molecule has 0 bridgehead atoms. The minimum Gasteiger partial charge on any atom is -0.497 e. The van der Waals surface area contributed by atoms with Crippen molar-refractivity contribution in [2.75, 3.05) is 20.8 Å². The molecule has 0 aliphatic carbocycles. The number of methoxy groups -OCH3 is 2. The van der Waals surface area contributed by atoms with Crippen molar-refractivity contribution < 1.29 is 38.4 Å². The van der Waals surface area contributed by atoms with Crippen LogP contribution in [-0.2, 0) is 16.0 Å². The Kier molecular flexibility index (Phi) is 7.73. The zero-order valence-electron chi connectivity index (χ0n) is 20.2. The molecular weight excluding hydrogens is 478 g/mol. The number of nitrogens with one attached hydrogen (secondary N) is 1. The van der Waals surface area contributed by atoms with Gasteiger partial charge in [0.2, 0.25) is 5.78 Å². The number of carboxylic acid groups (broad SMARTS) is 1. The third kappa shape index (κ3) is 6.07. The predicted octanol–water partition coefficient (Wildman–Crippen LogP) is 3.51. The molecule has 0 saturated heterocycles. The number of carbonyl (C=O) groups excluding carboxylic acids is 2. The molecule has 0 aromatic heterocycles. The Morgan fingerprint density at radius 2 is 1.76 bits per heavy atom. The van der Waals surface area contributed by atoms with E-state index in [2.05, 4.69) is 5.32 Å². The summed E-state index contributed by atoms with van der Waals surface area (Å²) in [5, 5.41) is 11.9. The summed E-state index contributed by atoms with van der Waals surface area (Å²) in [6.07, 6.45) is 1.72. The molecular formula is C28H25NO8. The van der Waals surface area contributed by atoms with Crippen LogP contribution in [0.5, 0.6) is 23.0 Å². The van der Waals surface area contributed by atoms with Gasteiger partial charge in [0.15, 0.2) is 12.4 Å². The van der Waals surface area contributed by atoms with Crippen molar-refractivity contribution in [2.24, 2.45) is 0 Å². The van der Waals surface area contributed by atoms with E-state index in [1.54, 1.807) is 67.8 Å². The molecule has 0 fully saturated rings. The highest BCUT2D eigenvalue weighted by Crippen LogP contribution is 2.36. The molecule has 190 valence electrons. The summed E-state index contributed by atoms with van der Waals surface area (Å²) in [6, 6.07) is 17.7. The number of ether oxygens (including phenoxy) is 4. The first-order valence-electron chi connectivity index (χ1n) is 11.4. The van der Waals surface area contributed by atoms with E-state index >= 15 is 0 Å². The molecule has 1 atom stereocenters. The molecule has 0 radical (unpaired) electrons. The number of carboxylic acids is 1. The lowest BCUT2D eigenvalue weighted by molar-refractivity contribution is -0.142. The predicted molar refractivity (Wildman–Crippen MR) is 134 cm³/mol. The minimum atomic E-state index is -1.14. The van der Waals surface area contributed by atoms with Gasteiger partial charge in [-0.25, -0.2) is 4.79 Å². The highest BCUT2D eigenvalue weighted by atomic mass is 16.5. The molecule has 9 heteroatoms. The van der Waals surface area contributed by atoms with Crippen LogP contribution in [0.2, 0.25) is 0 Å². The Labute approximate surface area is 213 Å². The Balaban J connectivity index is 1.40. The lowest BCUT2D eigenvalue weighted by Gasteiger charge is -2.15. The van der Waals surface area contributed by atoms with E-state index in [1.165, 1.54) is 13.2 Å². The van der Waals surface area contributed by atoms with E-state index in [0.717, 1.165) is 5.56 Å². The fourth-order valence-corrected chi connectivity index (χ4v) is 3.77. The molecule has 0 saturated carbocycles. The van der Waals surface area contributed by atoms with Crippen LogP contribution in [0.15, 0.2) is 72.5 Å². The Hall–Kier alpha value is -4.79. The van der Waals surface area contributed by atoms with Crippen molar-refractivity contribution in [3.63, 3.8) is 0 Å². The summed E-state index contributed by atoms with van der Waals surface area (Å²) in [7, 11) is 3.06. The molecule has 2 N–H and O–H groups in total. The first kappa shape index (κ1) is 25.3. The maximum Gasteiger partial charge on any atom is 0.326 e. The zero-order chi connectivity index (χ0) is 26.4. The van der Waals surface area contributed by atoms with Gasteiger partial charge in [0.05, 0.1) is 19.8 Å². The summed E-state index contributed by atoms with van der Waals surface area (Å²) in [4.78, 5) is 36.8. The number of carbonyl (C=O) groups is 3. The Bertz CT molecular complexity index is 1350. The number of allylic oxidation sites excluding steroid dienone is 1. The minimum absolute atomic E-state index is 0.110. The second kappa shape index (κ2) is 11.3. The summed E-state index contributed by atoms with van der Waals surface area (Å²) in [6.45, 7) is -0.406. The quantitative estimate of drug-likeness (QED) is 0.404. The zero-order valence-corrected chi connectivity index (χ0v) is 20.2. The van der Waals surface area contributed by atoms with E-state index in [-0.39, 0.29) is 23.7 Å². The molecule has 0 spiro atoms. The molecule has 9 nitrogen and oxygen atoms in total. The van der Waals surface area contributed by atoms with Crippen LogP contribution >= 0.6 is 0 Å². The first-order valence-corrected chi connectivity index (χ1v) is 11.4. The molecule has 3 aromatic carbocycles. The van der Waals surface area contributed by atoms with Gasteiger partial charge in [-0.3, -0.25) is 9.59 Å². The van der Waals surface area contributed by atoms with Gasteiger partial charge in [-0.2, -0.15) is 0 Å².